The van der Waals surface area contributed by atoms with Crippen LogP contribution in [0, 0.1) is 63.6 Å². The SMILES string of the molecule is C=C(C)[C@@H]1CC[C@]2(C)CC[C@]3(C)[C@H](CC[C@@H]4[C@@]5(C)CCC(OS(=O)(=O)c6ccc(C)cc6)C(C)(C)[C@@H]5CC[C@]43C)[C@@H]12. The van der Waals surface area contributed by atoms with E-state index < -0.39 is 10.1 Å². The number of benzene rings is 1. The molecule has 1 aromatic carbocycles. The van der Waals surface area contributed by atoms with Gasteiger partial charge in [-0.2, -0.15) is 8.42 Å². The van der Waals surface area contributed by atoms with E-state index in [1.165, 1.54) is 56.9 Å². The number of fused-ring (bicyclic) bond motifs is 7. The summed E-state index contributed by atoms with van der Waals surface area (Å²) in [6, 6.07) is 7.09. The molecule has 3 nitrogen and oxygen atoms in total. The molecule has 228 valence electrons. The molecule has 41 heavy (non-hydrogen) atoms. The molecule has 5 fully saturated rings. The molecule has 0 heterocycles. The van der Waals surface area contributed by atoms with Gasteiger partial charge in [0.1, 0.15) is 0 Å². The Balaban J connectivity index is 1.29. The van der Waals surface area contributed by atoms with Crippen molar-refractivity contribution in [3.8, 4) is 0 Å². The summed E-state index contributed by atoms with van der Waals surface area (Å²) in [7, 11) is -3.80. The van der Waals surface area contributed by atoms with Gasteiger partial charge in [0, 0.05) is 0 Å². The van der Waals surface area contributed by atoms with E-state index in [9.17, 15) is 8.42 Å². The molecule has 0 bridgehead atoms. The van der Waals surface area contributed by atoms with Crippen LogP contribution in [0.25, 0.3) is 0 Å². The summed E-state index contributed by atoms with van der Waals surface area (Å²) >= 11 is 0. The Kier molecular flexibility index (Phi) is 6.88. The maximum Gasteiger partial charge on any atom is 0.297 e. The first kappa shape index (κ1) is 29.9. The molecule has 5 aliphatic carbocycles. The van der Waals surface area contributed by atoms with Crippen LogP contribution in [-0.4, -0.2) is 14.5 Å². The Morgan fingerprint density at radius 2 is 1.49 bits per heavy atom. The Morgan fingerprint density at radius 3 is 2.15 bits per heavy atom. The lowest BCUT2D eigenvalue weighted by Gasteiger charge is -2.73. The third-order valence-corrected chi connectivity index (χ3v) is 16.3. The lowest BCUT2D eigenvalue weighted by molar-refractivity contribution is -0.244. The molecule has 0 spiro atoms. The van der Waals surface area contributed by atoms with Crippen LogP contribution in [0.4, 0.5) is 0 Å². The minimum absolute atomic E-state index is 0.203. The van der Waals surface area contributed by atoms with Crippen LogP contribution >= 0.6 is 0 Å². The van der Waals surface area contributed by atoms with E-state index in [4.69, 9.17) is 4.18 Å². The molecule has 5 saturated carbocycles. The second-order valence-electron chi connectivity index (χ2n) is 17.1. The maximum absolute atomic E-state index is 13.4. The van der Waals surface area contributed by atoms with Gasteiger partial charge in [-0.05, 0) is 147 Å². The monoisotopic (exact) mass is 580 g/mol. The Morgan fingerprint density at radius 1 is 0.805 bits per heavy atom. The largest absolute Gasteiger partial charge is 0.297 e. The zero-order valence-corrected chi connectivity index (χ0v) is 28.0. The Hall–Kier alpha value is -1.13. The van der Waals surface area contributed by atoms with Gasteiger partial charge in [-0.15, -0.1) is 0 Å². The van der Waals surface area contributed by atoms with E-state index in [0.29, 0.717) is 34.0 Å². The molecule has 10 atom stereocenters. The van der Waals surface area contributed by atoms with Gasteiger partial charge in [0.05, 0.1) is 11.0 Å². The molecule has 0 radical (unpaired) electrons. The van der Waals surface area contributed by atoms with Crippen LogP contribution in [0.2, 0.25) is 0 Å². The zero-order chi connectivity index (χ0) is 29.8. The van der Waals surface area contributed by atoms with Crippen molar-refractivity contribution >= 4 is 10.1 Å². The highest BCUT2D eigenvalue weighted by Crippen LogP contribution is 2.77. The van der Waals surface area contributed by atoms with Gasteiger partial charge < -0.3 is 0 Å². The topological polar surface area (TPSA) is 43.4 Å². The summed E-state index contributed by atoms with van der Waals surface area (Å²) in [5, 5.41) is 0. The average molecular weight is 581 g/mol. The van der Waals surface area contributed by atoms with Crippen LogP contribution < -0.4 is 0 Å². The van der Waals surface area contributed by atoms with E-state index in [1.807, 2.05) is 19.1 Å². The molecule has 1 unspecified atom stereocenters. The van der Waals surface area contributed by atoms with Crippen LogP contribution in [0.3, 0.4) is 0 Å². The van der Waals surface area contributed by atoms with E-state index in [1.54, 1.807) is 12.1 Å². The van der Waals surface area contributed by atoms with Gasteiger partial charge in [0.15, 0.2) is 0 Å². The Labute approximate surface area is 251 Å². The summed E-state index contributed by atoms with van der Waals surface area (Å²) in [5.41, 5.74) is 3.65. The van der Waals surface area contributed by atoms with E-state index >= 15 is 0 Å². The van der Waals surface area contributed by atoms with Gasteiger partial charge in [-0.25, -0.2) is 0 Å². The van der Waals surface area contributed by atoms with Gasteiger partial charge in [-0.1, -0.05) is 71.4 Å². The van der Waals surface area contributed by atoms with Crippen LogP contribution in [0.5, 0.6) is 0 Å². The number of hydrogen-bond acceptors (Lipinski definition) is 3. The standard InChI is InChI=1S/C37H56O3S/c1-24(2)27-16-19-34(6)22-23-36(8)28(32(27)34)14-15-30-35(7)20-18-31(33(4,5)29(35)17-21-37(30,36)9)40-41(38,39)26-12-10-25(3)11-13-26/h10-13,27-32H,1,14-23H2,2-9H3/t27-,28+,29-,30+,31?,32+,34+,35-,36+,37+/m0/s1. The maximum atomic E-state index is 13.4. The first-order valence-electron chi connectivity index (χ1n) is 16.6. The van der Waals surface area contributed by atoms with E-state index in [-0.39, 0.29) is 21.8 Å². The van der Waals surface area contributed by atoms with Crippen molar-refractivity contribution in [1.29, 1.82) is 0 Å². The highest BCUT2D eigenvalue weighted by Gasteiger charge is 2.70. The van der Waals surface area contributed by atoms with Gasteiger partial charge in [-0.3, -0.25) is 4.18 Å². The van der Waals surface area contributed by atoms with Crippen molar-refractivity contribution in [2.24, 2.45) is 56.7 Å². The lowest BCUT2D eigenvalue weighted by atomic mass is 9.32. The molecule has 0 N–H and O–H groups in total. The predicted octanol–water partition coefficient (Wildman–Crippen LogP) is 9.75. The molecule has 1 aromatic rings. The fraction of sp³-hybridized carbons (Fsp3) is 0.784. The lowest BCUT2D eigenvalue weighted by Crippen LogP contribution is -2.66. The van der Waals surface area contributed by atoms with Crippen LogP contribution in [-0.2, 0) is 14.3 Å². The summed E-state index contributed by atoms with van der Waals surface area (Å²) in [6.45, 7) is 24.0. The summed E-state index contributed by atoms with van der Waals surface area (Å²) in [4.78, 5) is 0.277. The zero-order valence-electron chi connectivity index (χ0n) is 27.2. The second kappa shape index (κ2) is 9.43. The van der Waals surface area contributed by atoms with Gasteiger partial charge in [0.2, 0.25) is 0 Å². The van der Waals surface area contributed by atoms with E-state index in [2.05, 4.69) is 55.0 Å². The minimum Gasteiger partial charge on any atom is -0.262 e. The average Bonchev–Trinajstić information content (AvgIpc) is 3.24. The fourth-order valence-corrected chi connectivity index (χ4v) is 13.8. The van der Waals surface area contributed by atoms with Crippen molar-refractivity contribution in [2.75, 3.05) is 0 Å². The number of rotatable bonds is 4. The van der Waals surface area contributed by atoms with Gasteiger partial charge in [0.25, 0.3) is 10.1 Å². The van der Waals surface area contributed by atoms with Crippen molar-refractivity contribution < 1.29 is 12.6 Å². The normalized spacial score (nSPS) is 47.0. The van der Waals surface area contributed by atoms with Crippen molar-refractivity contribution in [3.63, 3.8) is 0 Å². The molecular formula is C37H56O3S. The van der Waals surface area contributed by atoms with Crippen LogP contribution in [0.15, 0.2) is 41.3 Å². The first-order chi connectivity index (χ1) is 19.0. The molecular weight excluding hydrogens is 524 g/mol. The van der Waals surface area contributed by atoms with Crippen molar-refractivity contribution in [2.45, 2.75) is 131 Å². The smallest absolute Gasteiger partial charge is 0.262 e. The third kappa shape index (κ3) is 4.15. The minimum atomic E-state index is -3.80. The molecule has 0 aliphatic heterocycles. The number of aryl methyl sites for hydroxylation is 1. The summed E-state index contributed by atoms with van der Waals surface area (Å²) in [6.07, 6.45) is 12.2. The molecule has 4 heteroatoms. The molecule has 0 amide bonds. The molecule has 6 rings (SSSR count). The summed E-state index contributed by atoms with van der Waals surface area (Å²) in [5.74, 6) is 3.41. The van der Waals surface area contributed by atoms with Crippen LogP contribution in [0.1, 0.15) is 118 Å². The van der Waals surface area contributed by atoms with Crippen molar-refractivity contribution in [1.82, 2.24) is 0 Å². The van der Waals surface area contributed by atoms with Crippen molar-refractivity contribution in [3.05, 3.63) is 42.0 Å². The molecule has 0 saturated heterocycles. The fourth-order valence-electron chi connectivity index (χ4n) is 12.6. The highest BCUT2D eigenvalue weighted by molar-refractivity contribution is 7.86. The third-order valence-electron chi connectivity index (χ3n) is 15.0. The first-order valence-corrected chi connectivity index (χ1v) is 18.1. The molecule has 5 aliphatic rings. The number of allylic oxidation sites excluding steroid dienone is 1. The van der Waals surface area contributed by atoms with E-state index in [0.717, 1.165) is 30.2 Å². The summed E-state index contributed by atoms with van der Waals surface area (Å²) < 4.78 is 32.9. The van der Waals surface area contributed by atoms with Gasteiger partial charge >= 0.3 is 0 Å². The number of hydrogen-bond donors (Lipinski definition) is 0. The highest BCUT2D eigenvalue weighted by atomic mass is 32.2. The Bertz CT molecular complexity index is 1310. The second-order valence-corrected chi connectivity index (χ2v) is 18.6. The molecule has 0 aromatic heterocycles. The quantitative estimate of drug-likeness (QED) is 0.263. The predicted molar refractivity (Wildman–Crippen MR) is 168 cm³/mol.